The third kappa shape index (κ3) is 9.89. The van der Waals surface area contributed by atoms with Crippen LogP contribution in [0, 0.1) is 0 Å². The molecule has 27 heavy (non-hydrogen) atoms. The zero-order valence-corrected chi connectivity index (χ0v) is 19.7. The molecule has 0 saturated heterocycles. The molecule has 2 N–H and O–H groups in total. The Kier molecular flexibility index (Phi) is 11.5. The maximum absolute atomic E-state index is 12.1. The van der Waals surface area contributed by atoms with Crippen molar-refractivity contribution >= 4 is 35.8 Å². The molecule has 1 amide bonds. The molecule has 0 saturated carbocycles. The lowest BCUT2D eigenvalue weighted by Crippen LogP contribution is -2.48. The molecule has 1 aromatic rings. The Morgan fingerprint density at radius 2 is 2.04 bits per heavy atom. The van der Waals surface area contributed by atoms with Gasteiger partial charge in [0, 0.05) is 25.7 Å². The first-order valence-corrected chi connectivity index (χ1v) is 8.90. The number of halogens is 1. The number of aliphatic imine (C=N–C) groups is 1. The fourth-order valence-corrected chi connectivity index (χ4v) is 2.18. The minimum atomic E-state index is -0.273. The van der Waals surface area contributed by atoms with Gasteiger partial charge in [-0.15, -0.1) is 24.0 Å². The monoisotopic (exact) mass is 496 g/mol. The van der Waals surface area contributed by atoms with Crippen molar-refractivity contribution in [3.05, 3.63) is 11.7 Å². The number of nitrogens with zero attached hydrogens (tertiary/aromatic N) is 4. The van der Waals surface area contributed by atoms with E-state index in [0.29, 0.717) is 30.8 Å². The van der Waals surface area contributed by atoms with Crippen LogP contribution >= 0.6 is 24.0 Å². The minimum Gasteiger partial charge on any atom is -0.371 e. The summed E-state index contributed by atoms with van der Waals surface area (Å²) in [6.45, 7) is 13.3. The highest BCUT2D eigenvalue weighted by atomic mass is 127. The van der Waals surface area contributed by atoms with E-state index in [0.717, 1.165) is 0 Å². The lowest BCUT2D eigenvalue weighted by Gasteiger charge is -2.25. The van der Waals surface area contributed by atoms with Crippen LogP contribution in [0.15, 0.2) is 9.52 Å². The SMILES string of the molecule is CCNC(=NCc1nc(C(C)OCC)no1)N(C)CC(=O)NC(C)(C)C.I. The van der Waals surface area contributed by atoms with Crippen LogP contribution in [0.3, 0.4) is 0 Å². The first-order valence-electron chi connectivity index (χ1n) is 8.90. The third-order valence-corrected chi connectivity index (χ3v) is 3.22. The lowest BCUT2D eigenvalue weighted by molar-refractivity contribution is -0.122. The molecule has 1 heterocycles. The molecular formula is C17H33IN6O3. The number of rotatable bonds is 8. The largest absolute Gasteiger partial charge is 0.371 e. The van der Waals surface area contributed by atoms with E-state index in [4.69, 9.17) is 9.26 Å². The highest BCUT2D eigenvalue weighted by Gasteiger charge is 2.17. The summed E-state index contributed by atoms with van der Waals surface area (Å²) in [6.07, 6.45) is -0.224. The molecule has 10 heteroatoms. The summed E-state index contributed by atoms with van der Waals surface area (Å²) < 4.78 is 10.7. The van der Waals surface area contributed by atoms with Gasteiger partial charge in [0.1, 0.15) is 12.6 Å². The summed E-state index contributed by atoms with van der Waals surface area (Å²) in [7, 11) is 1.81. The van der Waals surface area contributed by atoms with E-state index in [1.165, 1.54) is 0 Å². The Hall–Kier alpha value is -1.43. The maximum Gasteiger partial charge on any atom is 0.248 e. The van der Waals surface area contributed by atoms with Crippen molar-refractivity contribution in [2.75, 3.05) is 26.7 Å². The van der Waals surface area contributed by atoms with E-state index >= 15 is 0 Å². The molecule has 156 valence electrons. The third-order valence-electron chi connectivity index (χ3n) is 3.22. The number of carbonyl (C=O) groups excluding carboxylic acids is 1. The molecule has 0 aromatic carbocycles. The number of carbonyl (C=O) groups is 1. The van der Waals surface area contributed by atoms with Crippen molar-refractivity contribution in [1.82, 2.24) is 25.7 Å². The Balaban J connectivity index is 0.00000676. The van der Waals surface area contributed by atoms with E-state index in [2.05, 4.69) is 25.8 Å². The molecule has 0 fully saturated rings. The minimum absolute atomic E-state index is 0. The van der Waals surface area contributed by atoms with E-state index in [-0.39, 0.29) is 54.6 Å². The van der Waals surface area contributed by atoms with E-state index < -0.39 is 0 Å². The fourth-order valence-electron chi connectivity index (χ4n) is 2.18. The van der Waals surface area contributed by atoms with Crippen LogP contribution < -0.4 is 10.6 Å². The number of hydrogen-bond donors (Lipinski definition) is 2. The molecule has 0 bridgehead atoms. The Bertz CT molecular complexity index is 600. The van der Waals surface area contributed by atoms with Crippen LogP contribution in [0.1, 0.15) is 59.4 Å². The van der Waals surface area contributed by atoms with Gasteiger partial charge in [-0.3, -0.25) is 4.79 Å². The predicted molar refractivity (Wildman–Crippen MR) is 115 cm³/mol. The fraction of sp³-hybridized carbons (Fsp3) is 0.765. The van der Waals surface area contributed by atoms with Crippen LogP contribution in [0.2, 0.25) is 0 Å². The first-order chi connectivity index (χ1) is 12.2. The number of nitrogens with one attached hydrogen (secondary N) is 2. The Labute approximate surface area is 178 Å². The number of ether oxygens (including phenoxy) is 1. The summed E-state index contributed by atoms with van der Waals surface area (Å²) in [5.74, 6) is 1.42. The average molecular weight is 496 g/mol. The molecule has 0 aliphatic heterocycles. The van der Waals surface area contributed by atoms with Gasteiger partial charge in [-0.2, -0.15) is 4.98 Å². The van der Waals surface area contributed by atoms with Crippen LogP contribution in [-0.2, 0) is 16.1 Å². The van der Waals surface area contributed by atoms with Gasteiger partial charge in [-0.25, -0.2) is 4.99 Å². The number of hydrogen-bond acceptors (Lipinski definition) is 6. The molecule has 0 aliphatic carbocycles. The number of guanidine groups is 1. The summed E-state index contributed by atoms with van der Waals surface area (Å²) in [6, 6.07) is 0. The van der Waals surface area contributed by atoms with Crippen molar-refractivity contribution < 1.29 is 14.1 Å². The quantitative estimate of drug-likeness (QED) is 0.323. The summed E-state index contributed by atoms with van der Waals surface area (Å²) in [5, 5.41) is 10.00. The molecule has 0 spiro atoms. The van der Waals surface area contributed by atoms with Gasteiger partial charge >= 0.3 is 0 Å². The normalized spacial score (nSPS) is 12.9. The second-order valence-corrected chi connectivity index (χ2v) is 6.97. The van der Waals surface area contributed by atoms with E-state index in [1.54, 1.807) is 11.9 Å². The van der Waals surface area contributed by atoms with Gasteiger partial charge in [0.15, 0.2) is 11.8 Å². The molecule has 1 rings (SSSR count). The summed E-state index contributed by atoms with van der Waals surface area (Å²) in [5.41, 5.74) is -0.273. The average Bonchev–Trinajstić information content (AvgIpc) is 2.98. The second-order valence-electron chi connectivity index (χ2n) is 6.97. The molecule has 0 radical (unpaired) electrons. The van der Waals surface area contributed by atoms with Crippen molar-refractivity contribution in [1.29, 1.82) is 0 Å². The highest BCUT2D eigenvalue weighted by Crippen LogP contribution is 2.13. The van der Waals surface area contributed by atoms with Crippen molar-refractivity contribution in [2.45, 2.75) is 59.7 Å². The Morgan fingerprint density at radius 1 is 1.37 bits per heavy atom. The van der Waals surface area contributed by atoms with Gasteiger partial charge in [-0.05, 0) is 41.5 Å². The smallest absolute Gasteiger partial charge is 0.248 e. The lowest BCUT2D eigenvalue weighted by atomic mass is 10.1. The predicted octanol–water partition coefficient (Wildman–Crippen LogP) is 2.10. The Morgan fingerprint density at radius 3 is 2.59 bits per heavy atom. The standard InChI is InChI=1S/C17H32N6O3.HI/c1-8-18-16(23(7)11-13(24)21-17(4,5)6)19-10-14-20-15(22-26-14)12(3)25-9-2;/h12H,8-11H2,1-7H3,(H,18,19)(H,21,24);1H. The molecule has 0 aliphatic rings. The zero-order valence-electron chi connectivity index (χ0n) is 17.3. The van der Waals surface area contributed by atoms with Gasteiger partial charge in [0.2, 0.25) is 11.8 Å². The van der Waals surface area contributed by atoms with Crippen LogP contribution in [0.5, 0.6) is 0 Å². The van der Waals surface area contributed by atoms with Crippen LogP contribution in [0.25, 0.3) is 0 Å². The summed E-state index contributed by atoms with van der Waals surface area (Å²) in [4.78, 5) is 22.6. The molecule has 1 unspecified atom stereocenters. The van der Waals surface area contributed by atoms with Crippen LogP contribution in [-0.4, -0.2) is 59.2 Å². The first kappa shape index (κ1) is 25.6. The van der Waals surface area contributed by atoms with Gasteiger partial charge in [-0.1, -0.05) is 5.16 Å². The zero-order chi connectivity index (χ0) is 19.7. The van der Waals surface area contributed by atoms with Crippen molar-refractivity contribution in [3.63, 3.8) is 0 Å². The second kappa shape index (κ2) is 12.1. The van der Waals surface area contributed by atoms with Gasteiger partial charge < -0.3 is 24.8 Å². The number of aromatic nitrogens is 2. The van der Waals surface area contributed by atoms with Gasteiger partial charge in [0.25, 0.3) is 0 Å². The van der Waals surface area contributed by atoms with Crippen molar-refractivity contribution in [3.8, 4) is 0 Å². The number of amides is 1. The highest BCUT2D eigenvalue weighted by molar-refractivity contribution is 14.0. The topological polar surface area (TPSA) is 105 Å². The maximum atomic E-state index is 12.1. The van der Waals surface area contributed by atoms with E-state index in [9.17, 15) is 4.79 Å². The van der Waals surface area contributed by atoms with E-state index in [1.807, 2.05) is 41.5 Å². The molecular weight excluding hydrogens is 463 g/mol. The van der Waals surface area contributed by atoms with Gasteiger partial charge in [0.05, 0.1) is 6.54 Å². The molecule has 1 atom stereocenters. The summed E-state index contributed by atoms with van der Waals surface area (Å²) >= 11 is 0. The van der Waals surface area contributed by atoms with Crippen LogP contribution in [0.4, 0.5) is 0 Å². The number of likely N-dealkylation sites (N-methyl/N-ethyl adjacent to an activating group) is 1. The molecule has 1 aromatic heterocycles. The van der Waals surface area contributed by atoms with Crippen molar-refractivity contribution in [2.24, 2.45) is 4.99 Å². The molecule has 9 nitrogen and oxygen atoms in total.